The molecule has 0 radical (unpaired) electrons. The number of rotatable bonds is 5. The lowest BCUT2D eigenvalue weighted by atomic mass is 10.2. The summed E-state index contributed by atoms with van der Waals surface area (Å²) in [6, 6.07) is -0.175. The fourth-order valence-electron chi connectivity index (χ4n) is 2.05. The summed E-state index contributed by atoms with van der Waals surface area (Å²) in [6.45, 7) is 2.76. The van der Waals surface area contributed by atoms with Crippen molar-refractivity contribution in [3.8, 4) is 0 Å². The molecule has 1 aliphatic heterocycles. The summed E-state index contributed by atoms with van der Waals surface area (Å²) >= 11 is 5.84. The van der Waals surface area contributed by atoms with Crippen LogP contribution in [0.25, 0.3) is 0 Å². The lowest BCUT2D eigenvalue weighted by Crippen LogP contribution is -2.35. The molecule has 1 atom stereocenters. The summed E-state index contributed by atoms with van der Waals surface area (Å²) in [7, 11) is -2.97. The van der Waals surface area contributed by atoms with Gasteiger partial charge >= 0.3 is 0 Å². The Morgan fingerprint density at radius 3 is 2.75 bits per heavy atom. The van der Waals surface area contributed by atoms with Gasteiger partial charge in [0.2, 0.25) is 17.2 Å². The molecule has 1 unspecified atom stereocenters. The zero-order chi connectivity index (χ0) is 14.6. The second kappa shape index (κ2) is 6.53. The van der Waals surface area contributed by atoms with Gasteiger partial charge < -0.3 is 10.6 Å². The van der Waals surface area contributed by atoms with Gasteiger partial charge in [-0.15, -0.1) is 0 Å². The molecule has 0 saturated carbocycles. The van der Waals surface area contributed by atoms with Gasteiger partial charge in [0.25, 0.3) is 0 Å². The normalized spacial score (nSPS) is 21.4. The van der Waals surface area contributed by atoms with Gasteiger partial charge in [0.1, 0.15) is 0 Å². The Balaban J connectivity index is 2.06. The molecular formula is C11H18ClN5O2S. The maximum atomic E-state index is 11.6. The maximum absolute atomic E-state index is 11.6. The lowest BCUT2D eigenvalue weighted by molar-refractivity contribution is 0.561. The van der Waals surface area contributed by atoms with Crippen LogP contribution < -0.4 is 10.6 Å². The van der Waals surface area contributed by atoms with E-state index in [-0.39, 0.29) is 22.8 Å². The van der Waals surface area contributed by atoms with Crippen molar-refractivity contribution in [3.63, 3.8) is 0 Å². The molecule has 1 fully saturated rings. The highest BCUT2D eigenvalue weighted by atomic mass is 35.5. The van der Waals surface area contributed by atoms with E-state index in [0.29, 0.717) is 18.3 Å². The highest BCUT2D eigenvalue weighted by Gasteiger charge is 2.25. The molecular weight excluding hydrogens is 302 g/mol. The first-order valence-electron chi connectivity index (χ1n) is 6.61. The Bertz CT molecular complexity index is 566. The van der Waals surface area contributed by atoms with E-state index >= 15 is 0 Å². The topological polar surface area (TPSA) is 96.9 Å². The maximum Gasteiger partial charge on any atom is 0.229 e. The van der Waals surface area contributed by atoms with Crippen LogP contribution in [-0.4, -0.2) is 47.5 Å². The minimum absolute atomic E-state index is 0.0831. The minimum atomic E-state index is -2.97. The second-order valence-electron chi connectivity index (χ2n) is 4.78. The first-order valence-corrected chi connectivity index (χ1v) is 8.81. The fraction of sp³-hybridized carbons (Fsp3) is 0.727. The van der Waals surface area contributed by atoms with Crippen LogP contribution in [0, 0.1) is 0 Å². The highest BCUT2D eigenvalue weighted by molar-refractivity contribution is 7.91. The molecule has 0 aliphatic carbocycles. The zero-order valence-electron chi connectivity index (χ0n) is 11.3. The lowest BCUT2D eigenvalue weighted by Gasteiger charge is -2.23. The number of hydrogen-bond acceptors (Lipinski definition) is 7. The summed E-state index contributed by atoms with van der Waals surface area (Å²) in [6.07, 6.45) is 2.37. The standard InChI is InChI=1S/C11H18ClN5O2S/c1-2-5-13-10-15-9(12)16-11(17-10)14-8-4-3-6-20(18,19)7-8/h8H,2-7H2,1H3,(H2,13,14,15,16,17). The Hall–Kier alpha value is -1.15. The number of sulfone groups is 1. The molecule has 1 saturated heterocycles. The summed E-state index contributed by atoms with van der Waals surface area (Å²) in [5.74, 6) is 1.07. The predicted molar refractivity (Wildman–Crippen MR) is 78.9 cm³/mol. The van der Waals surface area contributed by atoms with E-state index in [1.807, 2.05) is 6.92 Å². The van der Waals surface area contributed by atoms with Crippen LogP contribution >= 0.6 is 11.6 Å². The molecule has 1 aromatic heterocycles. The number of hydrogen-bond donors (Lipinski definition) is 2. The fourth-order valence-corrected chi connectivity index (χ4v) is 3.85. The second-order valence-corrected chi connectivity index (χ2v) is 7.34. The molecule has 0 amide bonds. The molecule has 9 heteroatoms. The monoisotopic (exact) mass is 319 g/mol. The van der Waals surface area contributed by atoms with Crippen molar-refractivity contribution in [2.45, 2.75) is 32.2 Å². The average molecular weight is 320 g/mol. The van der Waals surface area contributed by atoms with Gasteiger partial charge in [0.05, 0.1) is 11.5 Å². The quantitative estimate of drug-likeness (QED) is 0.845. The van der Waals surface area contributed by atoms with Gasteiger partial charge in [-0.25, -0.2) is 8.42 Å². The van der Waals surface area contributed by atoms with Crippen LogP contribution in [0.2, 0.25) is 5.28 Å². The molecule has 2 heterocycles. The first kappa shape index (κ1) is 15.2. The van der Waals surface area contributed by atoms with E-state index in [2.05, 4.69) is 25.6 Å². The van der Waals surface area contributed by atoms with E-state index in [9.17, 15) is 8.42 Å². The highest BCUT2D eigenvalue weighted by Crippen LogP contribution is 2.17. The Kier molecular flexibility index (Phi) is 4.98. The third-order valence-corrected chi connectivity index (χ3v) is 4.93. The first-order chi connectivity index (χ1) is 9.48. The summed E-state index contributed by atoms with van der Waals surface area (Å²) in [4.78, 5) is 12.1. The average Bonchev–Trinajstić information content (AvgIpc) is 2.34. The van der Waals surface area contributed by atoms with Crippen LogP contribution in [0.5, 0.6) is 0 Å². The van der Waals surface area contributed by atoms with Gasteiger partial charge in [-0.2, -0.15) is 15.0 Å². The van der Waals surface area contributed by atoms with Crippen molar-refractivity contribution in [1.29, 1.82) is 0 Å². The van der Waals surface area contributed by atoms with Crippen molar-refractivity contribution in [1.82, 2.24) is 15.0 Å². The molecule has 1 aliphatic rings. The van der Waals surface area contributed by atoms with Crippen molar-refractivity contribution in [3.05, 3.63) is 5.28 Å². The Morgan fingerprint density at radius 1 is 1.30 bits per heavy atom. The SMILES string of the molecule is CCCNc1nc(Cl)nc(NC2CCCS(=O)(=O)C2)n1. The number of halogens is 1. The summed E-state index contributed by atoms with van der Waals surface area (Å²) < 4.78 is 23.2. The number of anilines is 2. The summed E-state index contributed by atoms with van der Waals surface area (Å²) in [5.41, 5.74) is 0. The molecule has 20 heavy (non-hydrogen) atoms. The van der Waals surface area contributed by atoms with Crippen LogP contribution in [0.4, 0.5) is 11.9 Å². The number of aromatic nitrogens is 3. The van der Waals surface area contributed by atoms with Crippen LogP contribution in [-0.2, 0) is 9.84 Å². The predicted octanol–water partition coefficient (Wildman–Crippen LogP) is 1.34. The van der Waals surface area contributed by atoms with E-state index in [1.54, 1.807) is 0 Å². The van der Waals surface area contributed by atoms with Gasteiger partial charge in [-0.1, -0.05) is 6.92 Å². The van der Waals surface area contributed by atoms with E-state index in [0.717, 1.165) is 19.4 Å². The van der Waals surface area contributed by atoms with Gasteiger partial charge in [-0.05, 0) is 30.9 Å². The van der Waals surface area contributed by atoms with E-state index < -0.39 is 9.84 Å². The van der Waals surface area contributed by atoms with Crippen molar-refractivity contribution >= 4 is 33.3 Å². The van der Waals surface area contributed by atoms with Gasteiger partial charge in [0.15, 0.2) is 9.84 Å². The van der Waals surface area contributed by atoms with Crippen LogP contribution in [0.1, 0.15) is 26.2 Å². The molecule has 7 nitrogen and oxygen atoms in total. The third-order valence-electron chi connectivity index (χ3n) is 2.94. The van der Waals surface area contributed by atoms with Crippen LogP contribution in [0.3, 0.4) is 0 Å². The Labute approximate surface area is 123 Å². The van der Waals surface area contributed by atoms with Gasteiger partial charge in [0, 0.05) is 12.6 Å². The summed E-state index contributed by atoms with van der Waals surface area (Å²) in [5, 5.41) is 6.14. The molecule has 0 bridgehead atoms. The minimum Gasteiger partial charge on any atom is -0.354 e. The molecule has 1 aromatic rings. The molecule has 0 aromatic carbocycles. The van der Waals surface area contributed by atoms with Crippen LogP contribution in [0.15, 0.2) is 0 Å². The van der Waals surface area contributed by atoms with E-state index in [4.69, 9.17) is 11.6 Å². The molecule has 2 N–H and O–H groups in total. The largest absolute Gasteiger partial charge is 0.354 e. The number of nitrogens with zero attached hydrogens (tertiary/aromatic N) is 3. The smallest absolute Gasteiger partial charge is 0.229 e. The zero-order valence-corrected chi connectivity index (χ0v) is 12.8. The van der Waals surface area contributed by atoms with Crippen molar-refractivity contribution in [2.75, 3.05) is 28.7 Å². The molecule has 112 valence electrons. The third kappa shape index (κ3) is 4.45. The molecule has 0 spiro atoms. The number of nitrogens with one attached hydrogen (secondary N) is 2. The van der Waals surface area contributed by atoms with Crippen molar-refractivity contribution in [2.24, 2.45) is 0 Å². The van der Waals surface area contributed by atoms with Gasteiger partial charge in [-0.3, -0.25) is 0 Å². The van der Waals surface area contributed by atoms with E-state index in [1.165, 1.54) is 0 Å². The van der Waals surface area contributed by atoms with Crippen molar-refractivity contribution < 1.29 is 8.42 Å². The molecule has 2 rings (SSSR count). The Morgan fingerprint density at radius 2 is 2.05 bits per heavy atom.